The molecule has 1 heterocycles. The number of primary amides is 1. The summed E-state index contributed by atoms with van der Waals surface area (Å²) in [7, 11) is -2.38. The van der Waals surface area contributed by atoms with Gasteiger partial charge in [0.25, 0.3) is 0 Å². The quantitative estimate of drug-likeness (QED) is 0.763. The lowest BCUT2D eigenvalue weighted by Crippen LogP contribution is -2.46. The van der Waals surface area contributed by atoms with E-state index in [1.165, 1.54) is 29.8 Å². The standard InChI is InChI=1S/C15H17N3O5S/c1-18-12-8-9(6-7-13(12)23-15(18)20)24(21,22)17-11-5-3-2-4-10(11)14(16)19/h2-3,6-8,10-11,17H,4-5H2,1H3,(H2,16,19)/t10-,11-/m1/s1. The van der Waals surface area contributed by atoms with Crippen molar-refractivity contribution in [2.45, 2.75) is 23.8 Å². The number of carbonyl (C=O) groups excluding carboxylic acids is 1. The summed E-state index contributed by atoms with van der Waals surface area (Å²) >= 11 is 0. The number of amides is 1. The summed E-state index contributed by atoms with van der Waals surface area (Å²) in [5.74, 6) is -1.70. The van der Waals surface area contributed by atoms with Crippen molar-refractivity contribution in [3.8, 4) is 0 Å². The first-order chi connectivity index (χ1) is 11.3. The molecule has 128 valence electrons. The van der Waals surface area contributed by atoms with Gasteiger partial charge in [0.1, 0.15) is 0 Å². The predicted molar refractivity (Wildman–Crippen MR) is 86.6 cm³/mol. The van der Waals surface area contributed by atoms with Crippen LogP contribution in [0.25, 0.3) is 11.1 Å². The highest BCUT2D eigenvalue weighted by atomic mass is 32.2. The summed E-state index contributed by atoms with van der Waals surface area (Å²) in [5, 5.41) is 0. The Kier molecular flexibility index (Phi) is 4.06. The summed E-state index contributed by atoms with van der Waals surface area (Å²) in [4.78, 5) is 23.0. The number of carbonyl (C=O) groups is 1. The van der Waals surface area contributed by atoms with Crippen LogP contribution in [0.2, 0.25) is 0 Å². The number of nitrogens with zero attached hydrogens (tertiary/aromatic N) is 1. The van der Waals surface area contributed by atoms with Crippen molar-refractivity contribution in [1.82, 2.24) is 9.29 Å². The number of rotatable bonds is 4. The van der Waals surface area contributed by atoms with Crippen LogP contribution in [0.1, 0.15) is 12.8 Å². The Morgan fingerprint density at radius 2 is 2.04 bits per heavy atom. The van der Waals surface area contributed by atoms with E-state index in [9.17, 15) is 18.0 Å². The van der Waals surface area contributed by atoms with Crippen LogP contribution >= 0.6 is 0 Å². The van der Waals surface area contributed by atoms with E-state index in [4.69, 9.17) is 10.2 Å². The van der Waals surface area contributed by atoms with Gasteiger partial charge in [-0.2, -0.15) is 0 Å². The number of nitrogens with one attached hydrogen (secondary N) is 1. The molecule has 1 amide bonds. The molecule has 0 saturated carbocycles. The molecule has 1 aromatic heterocycles. The third-order valence-corrected chi connectivity index (χ3v) is 5.67. The number of fused-ring (bicyclic) bond motifs is 1. The second kappa shape index (κ2) is 5.91. The van der Waals surface area contributed by atoms with Gasteiger partial charge in [0.2, 0.25) is 15.9 Å². The summed E-state index contributed by atoms with van der Waals surface area (Å²) in [6.45, 7) is 0. The summed E-state index contributed by atoms with van der Waals surface area (Å²) in [5.41, 5.74) is 6.03. The van der Waals surface area contributed by atoms with Gasteiger partial charge in [-0.1, -0.05) is 12.2 Å². The number of oxazole rings is 1. The van der Waals surface area contributed by atoms with Crippen molar-refractivity contribution < 1.29 is 17.6 Å². The average Bonchev–Trinajstić information content (AvgIpc) is 2.81. The normalized spacial score (nSPS) is 21.2. The van der Waals surface area contributed by atoms with Crippen molar-refractivity contribution in [2.75, 3.05) is 0 Å². The molecule has 1 aromatic carbocycles. The van der Waals surface area contributed by atoms with Gasteiger partial charge in [-0.3, -0.25) is 9.36 Å². The lowest BCUT2D eigenvalue weighted by atomic mass is 9.89. The van der Waals surface area contributed by atoms with Gasteiger partial charge in [0.05, 0.1) is 16.3 Å². The van der Waals surface area contributed by atoms with Gasteiger partial charge in [-0.25, -0.2) is 17.9 Å². The molecule has 0 saturated heterocycles. The van der Waals surface area contributed by atoms with Gasteiger partial charge in [0, 0.05) is 13.1 Å². The zero-order valence-electron chi connectivity index (χ0n) is 12.9. The average molecular weight is 351 g/mol. The molecule has 3 rings (SSSR count). The number of nitrogens with two attached hydrogens (primary N) is 1. The zero-order valence-corrected chi connectivity index (χ0v) is 13.7. The summed E-state index contributed by atoms with van der Waals surface area (Å²) in [6, 6.07) is 3.55. The molecule has 2 aromatic rings. The van der Waals surface area contributed by atoms with Crippen LogP contribution in [0.3, 0.4) is 0 Å². The molecule has 3 N–H and O–H groups in total. The highest BCUT2D eigenvalue weighted by molar-refractivity contribution is 7.89. The summed E-state index contributed by atoms with van der Waals surface area (Å²) < 4.78 is 34.0. The fourth-order valence-corrected chi connectivity index (χ4v) is 4.11. The number of hydrogen-bond acceptors (Lipinski definition) is 5. The van der Waals surface area contributed by atoms with E-state index in [-0.39, 0.29) is 4.90 Å². The molecule has 1 aliphatic rings. The first kappa shape index (κ1) is 16.5. The second-order valence-corrected chi connectivity index (χ2v) is 7.45. The van der Waals surface area contributed by atoms with E-state index in [0.717, 1.165) is 0 Å². The number of hydrogen-bond donors (Lipinski definition) is 2. The van der Waals surface area contributed by atoms with Gasteiger partial charge in [-0.05, 0) is 31.0 Å². The van der Waals surface area contributed by atoms with Crippen LogP contribution in [0.5, 0.6) is 0 Å². The Hall–Kier alpha value is -2.39. The van der Waals surface area contributed by atoms with Crippen LogP contribution in [0, 0.1) is 5.92 Å². The van der Waals surface area contributed by atoms with E-state index < -0.39 is 33.6 Å². The number of sulfonamides is 1. The molecule has 0 spiro atoms. The number of aromatic nitrogens is 1. The van der Waals surface area contributed by atoms with Crippen molar-refractivity contribution in [1.29, 1.82) is 0 Å². The largest absolute Gasteiger partial charge is 0.419 e. The maximum absolute atomic E-state index is 12.6. The van der Waals surface area contributed by atoms with E-state index in [0.29, 0.717) is 23.9 Å². The van der Waals surface area contributed by atoms with Crippen LogP contribution in [0.15, 0.2) is 44.5 Å². The molecule has 0 fully saturated rings. The number of benzene rings is 1. The molecule has 0 bridgehead atoms. The van der Waals surface area contributed by atoms with Crippen LogP contribution in [0.4, 0.5) is 0 Å². The van der Waals surface area contributed by atoms with E-state index in [1.807, 2.05) is 12.2 Å². The van der Waals surface area contributed by atoms with Crippen LogP contribution in [-0.2, 0) is 21.9 Å². The lowest BCUT2D eigenvalue weighted by Gasteiger charge is -2.26. The number of allylic oxidation sites excluding steroid dienone is 1. The van der Waals surface area contributed by atoms with Gasteiger partial charge in [-0.15, -0.1) is 0 Å². The minimum Gasteiger partial charge on any atom is -0.408 e. The van der Waals surface area contributed by atoms with Crippen LogP contribution in [-0.4, -0.2) is 24.9 Å². The monoisotopic (exact) mass is 351 g/mol. The first-order valence-corrected chi connectivity index (χ1v) is 8.84. The Labute approximate surface area is 138 Å². The maximum Gasteiger partial charge on any atom is 0.419 e. The molecule has 1 aliphatic carbocycles. The Balaban J connectivity index is 1.95. The molecule has 2 atom stereocenters. The second-order valence-electron chi connectivity index (χ2n) is 5.74. The van der Waals surface area contributed by atoms with Gasteiger partial charge in [0.15, 0.2) is 5.58 Å². The third kappa shape index (κ3) is 2.87. The lowest BCUT2D eigenvalue weighted by molar-refractivity contribution is -0.122. The van der Waals surface area contributed by atoms with Gasteiger partial charge < -0.3 is 10.2 Å². The van der Waals surface area contributed by atoms with Crippen molar-refractivity contribution in [3.05, 3.63) is 40.9 Å². The molecule has 0 aliphatic heterocycles. The molecule has 0 radical (unpaired) electrons. The van der Waals surface area contributed by atoms with Crippen molar-refractivity contribution in [2.24, 2.45) is 18.7 Å². The Bertz CT molecular complexity index is 986. The number of aryl methyl sites for hydroxylation is 1. The zero-order chi connectivity index (χ0) is 17.5. The highest BCUT2D eigenvalue weighted by Gasteiger charge is 2.31. The molecule has 8 nitrogen and oxygen atoms in total. The van der Waals surface area contributed by atoms with Crippen molar-refractivity contribution >= 4 is 27.0 Å². The fourth-order valence-electron chi connectivity index (χ4n) is 2.80. The van der Waals surface area contributed by atoms with E-state index in [1.54, 1.807) is 0 Å². The molecule has 24 heavy (non-hydrogen) atoms. The van der Waals surface area contributed by atoms with E-state index in [2.05, 4.69) is 4.72 Å². The minimum absolute atomic E-state index is 0.0100. The third-order valence-electron chi connectivity index (χ3n) is 4.18. The maximum atomic E-state index is 12.6. The van der Waals surface area contributed by atoms with E-state index >= 15 is 0 Å². The topological polar surface area (TPSA) is 124 Å². The molecule has 0 unspecified atom stereocenters. The fraction of sp³-hybridized carbons (Fsp3) is 0.333. The first-order valence-electron chi connectivity index (χ1n) is 7.36. The molecule has 9 heteroatoms. The highest BCUT2D eigenvalue weighted by Crippen LogP contribution is 2.23. The smallest absolute Gasteiger partial charge is 0.408 e. The Morgan fingerprint density at radius 3 is 2.75 bits per heavy atom. The Morgan fingerprint density at radius 1 is 1.33 bits per heavy atom. The van der Waals surface area contributed by atoms with Crippen molar-refractivity contribution in [3.63, 3.8) is 0 Å². The predicted octanol–water partition coefficient (Wildman–Crippen LogP) is 0.230. The molecular weight excluding hydrogens is 334 g/mol. The van der Waals surface area contributed by atoms with Gasteiger partial charge >= 0.3 is 5.76 Å². The SMILES string of the molecule is Cn1c(=O)oc2ccc(S(=O)(=O)N[C@@H]3CC=CC[C@H]3C(N)=O)cc21. The van der Waals surface area contributed by atoms with Crippen LogP contribution < -0.4 is 16.2 Å². The summed E-state index contributed by atoms with van der Waals surface area (Å²) in [6.07, 6.45) is 4.42. The molecular formula is C15H17N3O5S. The minimum atomic E-state index is -3.87.